The number of nitrogens with zero attached hydrogens (tertiary/aromatic N) is 1. The van der Waals surface area contributed by atoms with Gasteiger partial charge in [0, 0.05) is 29.5 Å². The number of hydrogen-bond donors (Lipinski definition) is 1. The van der Waals surface area contributed by atoms with Crippen molar-refractivity contribution in [2.75, 3.05) is 13.1 Å². The molecule has 3 fully saturated rings. The van der Waals surface area contributed by atoms with Crippen molar-refractivity contribution in [3.8, 4) is 0 Å². The Balaban J connectivity index is 1.29. The van der Waals surface area contributed by atoms with Gasteiger partial charge >= 0.3 is 0 Å². The molecule has 27 heavy (non-hydrogen) atoms. The van der Waals surface area contributed by atoms with Crippen molar-refractivity contribution in [1.82, 2.24) is 9.62 Å². The first-order chi connectivity index (χ1) is 12.9. The lowest BCUT2D eigenvalue weighted by Crippen LogP contribution is -2.46. The molecule has 1 aromatic carbocycles. The summed E-state index contributed by atoms with van der Waals surface area (Å²) in [7, 11) is -3.35. The molecule has 1 N–H and O–H groups in total. The number of carbonyl (C=O) groups is 1. The largest absolute Gasteiger partial charge is 0.353 e. The Kier molecular flexibility index (Phi) is 5.63. The summed E-state index contributed by atoms with van der Waals surface area (Å²) in [6.45, 7) is 0.871. The molecule has 0 unspecified atom stereocenters. The van der Waals surface area contributed by atoms with Gasteiger partial charge in [0.2, 0.25) is 15.9 Å². The van der Waals surface area contributed by atoms with E-state index in [-0.39, 0.29) is 17.6 Å². The minimum absolute atomic E-state index is 0.00838. The number of carbonyl (C=O) groups excluding carboxylic acids is 1. The van der Waals surface area contributed by atoms with E-state index < -0.39 is 10.0 Å². The van der Waals surface area contributed by atoms with Crippen LogP contribution in [-0.4, -0.2) is 37.8 Å². The van der Waals surface area contributed by atoms with Crippen molar-refractivity contribution in [3.63, 3.8) is 0 Å². The zero-order chi connectivity index (χ0) is 19.0. The van der Waals surface area contributed by atoms with Gasteiger partial charge in [-0.05, 0) is 61.6 Å². The number of benzene rings is 1. The van der Waals surface area contributed by atoms with E-state index in [2.05, 4.69) is 21.2 Å². The maximum absolute atomic E-state index is 12.7. The fourth-order valence-electron chi connectivity index (χ4n) is 5.05. The first-order valence-corrected chi connectivity index (χ1v) is 12.3. The molecule has 5 nitrogen and oxygen atoms in total. The number of nitrogens with one attached hydrogen (secondary N) is 1. The lowest BCUT2D eigenvalue weighted by molar-refractivity contribution is -0.127. The molecule has 1 aliphatic heterocycles. The van der Waals surface area contributed by atoms with Gasteiger partial charge in [-0.3, -0.25) is 4.79 Å². The highest BCUT2D eigenvalue weighted by Crippen LogP contribution is 2.44. The molecule has 3 atom stereocenters. The third kappa shape index (κ3) is 4.40. The van der Waals surface area contributed by atoms with Gasteiger partial charge in [0.05, 0.1) is 5.75 Å². The van der Waals surface area contributed by atoms with Crippen LogP contribution in [0.25, 0.3) is 0 Å². The van der Waals surface area contributed by atoms with Gasteiger partial charge < -0.3 is 5.32 Å². The Morgan fingerprint density at radius 3 is 2.56 bits per heavy atom. The van der Waals surface area contributed by atoms with Crippen molar-refractivity contribution < 1.29 is 13.2 Å². The minimum Gasteiger partial charge on any atom is -0.353 e. The Hall–Kier alpha value is -0.920. The van der Waals surface area contributed by atoms with Crippen LogP contribution in [-0.2, 0) is 20.6 Å². The van der Waals surface area contributed by atoms with E-state index in [1.165, 1.54) is 19.3 Å². The zero-order valence-corrected chi connectivity index (χ0v) is 17.8. The van der Waals surface area contributed by atoms with Crippen molar-refractivity contribution in [2.24, 2.45) is 17.8 Å². The smallest absolute Gasteiger partial charge is 0.223 e. The molecule has 3 aliphatic rings. The second kappa shape index (κ2) is 7.84. The van der Waals surface area contributed by atoms with Gasteiger partial charge in [-0.2, -0.15) is 0 Å². The van der Waals surface area contributed by atoms with Gasteiger partial charge in [0.1, 0.15) is 0 Å². The van der Waals surface area contributed by atoms with Crippen LogP contribution in [0.5, 0.6) is 0 Å². The van der Waals surface area contributed by atoms with Crippen LogP contribution in [0.15, 0.2) is 28.7 Å². The molecule has 2 saturated carbocycles. The van der Waals surface area contributed by atoms with E-state index in [1.807, 2.05) is 24.3 Å². The summed E-state index contributed by atoms with van der Waals surface area (Å²) in [4.78, 5) is 12.6. The summed E-state index contributed by atoms with van der Waals surface area (Å²) in [5.74, 6) is 1.57. The normalized spacial score (nSPS) is 29.1. The number of hydrogen-bond acceptors (Lipinski definition) is 3. The van der Waals surface area contributed by atoms with Crippen LogP contribution < -0.4 is 5.32 Å². The summed E-state index contributed by atoms with van der Waals surface area (Å²) in [6, 6.07) is 7.76. The van der Waals surface area contributed by atoms with Crippen LogP contribution in [0.3, 0.4) is 0 Å². The van der Waals surface area contributed by atoms with Gasteiger partial charge in [-0.15, -0.1) is 0 Å². The lowest BCUT2D eigenvalue weighted by atomic mass is 9.93. The maximum atomic E-state index is 12.7. The van der Waals surface area contributed by atoms with Crippen LogP contribution >= 0.6 is 15.9 Å². The summed E-state index contributed by atoms with van der Waals surface area (Å²) in [5, 5.41) is 3.27. The van der Waals surface area contributed by atoms with Crippen LogP contribution in [0.2, 0.25) is 0 Å². The highest BCUT2D eigenvalue weighted by Gasteiger charge is 2.41. The molecule has 0 aromatic heterocycles. The second-order valence-corrected chi connectivity index (χ2v) is 11.2. The topological polar surface area (TPSA) is 66.5 Å². The van der Waals surface area contributed by atoms with E-state index in [0.29, 0.717) is 37.9 Å². The van der Waals surface area contributed by atoms with E-state index >= 15 is 0 Å². The highest BCUT2D eigenvalue weighted by atomic mass is 79.9. The molecule has 1 aromatic rings. The third-order valence-corrected chi connectivity index (χ3v) is 8.87. The molecule has 7 heteroatoms. The molecular formula is C20H27BrN2O3S. The lowest BCUT2D eigenvalue weighted by Gasteiger charge is -2.32. The minimum atomic E-state index is -3.35. The molecule has 4 rings (SSSR count). The average molecular weight is 455 g/mol. The van der Waals surface area contributed by atoms with Gasteiger partial charge in [-0.25, -0.2) is 12.7 Å². The highest BCUT2D eigenvalue weighted by molar-refractivity contribution is 9.10. The molecule has 2 bridgehead atoms. The number of rotatable bonds is 5. The predicted molar refractivity (Wildman–Crippen MR) is 108 cm³/mol. The molecule has 2 aliphatic carbocycles. The Bertz CT molecular complexity index is 805. The van der Waals surface area contributed by atoms with E-state index in [1.54, 1.807) is 4.31 Å². The van der Waals surface area contributed by atoms with Gasteiger partial charge in [-0.1, -0.05) is 34.5 Å². The maximum Gasteiger partial charge on any atom is 0.223 e. The standard InChI is InChI=1S/C20H27BrN2O3S/c21-18-3-1-2-15(11-18)13-27(25,26)23-8-6-16(7-9-23)20(24)22-19-12-14-4-5-17(19)10-14/h1-3,11,14,16-17,19H,4-10,12-13H2,(H,22,24)/t14-,17-,19+/m1/s1. The molecule has 1 amide bonds. The Labute approximate surface area is 170 Å². The first-order valence-electron chi connectivity index (χ1n) is 9.93. The number of fused-ring (bicyclic) bond motifs is 2. The van der Waals surface area contributed by atoms with Crippen molar-refractivity contribution in [3.05, 3.63) is 34.3 Å². The number of sulfonamides is 1. The van der Waals surface area contributed by atoms with E-state index in [9.17, 15) is 13.2 Å². The van der Waals surface area contributed by atoms with Crippen molar-refractivity contribution in [2.45, 2.75) is 50.3 Å². The number of piperidine rings is 1. The second-order valence-electron chi connectivity index (χ2n) is 8.35. The average Bonchev–Trinajstić information content (AvgIpc) is 3.24. The zero-order valence-electron chi connectivity index (χ0n) is 15.4. The third-order valence-electron chi connectivity index (χ3n) is 6.52. The first kappa shape index (κ1) is 19.4. The van der Waals surface area contributed by atoms with E-state index in [0.717, 1.165) is 22.4 Å². The van der Waals surface area contributed by atoms with E-state index in [4.69, 9.17) is 0 Å². The fraction of sp³-hybridized carbons (Fsp3) is 0.650. The SMILES string of the molecule is O=C(N[C@H]1C[C@@H]2CC[C@@H]1C2)C1CCN(S(=O)(=O)Cc2cccc(Br)c2)CC1. The summed E-state index contributed by atoms with van der Waals surface area (Å²) in [6.07, 6.45) is 6.22. The number of halogens is 1. The molecule has 1 saturated heterocycles. The van der Waals surface area contributed by atoms with Crippen LogP contribution in [0, 0.1) is 17.8 Å². The Morgan fingerprint density at radius 1 is 1.15 bits per heavy atom. The molecule has 148 valence electrons. The number of amides is 1. The summed E-state index contributed by atoms with van der Waals surface area (Å²) in [5.41, 5.74) is 0.778. The quantitative estimate of drug-likeness (QED) is 0.741. The monoisotopic (exact) mass is 454 g/mol. The molecule has 0 radical (unpaired) electrons. The van der Waals surface area contributed by atoms with Crippen molar-refractivity contribution in [1.29, 1.82) is 0 Å². The van der Waals surface area contributed by atoms with Crippen molar-refractivity contribution >= 4 is 31.9 Å². The predicted octanol–water partition coefficient (Wildman–Crippen LogP) is 3.30. The van der Waals surface area contributed by atoms with Crippen LogP contribution in [0.4, 0.5) is 0 Å². The van der Waals surface area contributed by atoms with Crippen LogP contribution in [0.1, 0.15) is 44.1 Å². The summed E-state index contributed by atoms with van der Waals surface area (Å²) < 4.78 is 27.9. The molecule has 1 heterocycles. The molecular weight excluding hydrogens is 428 g/mol. The Morgan fingerprint density at radius 2 is 1.93 bits per heavy atom. The summed E-state index contributed by atoms with van der Waals surface area (Å²) >= 11 is 3.38. The molecule has 0 spiro atoms. The fourth-order valence-corrected chi connectivity index (χ4v) is 7.04. The van der Waals surface area contributed by atoms with Gasteiger partial charge in [0.25, 0.3) is 0 Å². The van der Waals surface area contributed by atoms with Gasteiger partial charge in [0.15, 0.2) is 0 Å².